The topological polar surface area (TPSA) is 26.3 Å². The van der Waals surface area contributed by atoms with Crippen molar-refractivity contribution in [3.05, 3.63) is 35.4 Å². The molecule has 0 aliphatic carbocycles. The highest BCUT2D eigenvalue weighted by Gasteiger charge is 2.10. The van der Waals surface area contributed by atoms with Crippen LogP contribution in [0.1, 0.15) is 16.8 Å². The molecule has 1 rings (SSSR count). The fourth-order valence-electron chi connectivity index (χ4n) is 0.926. The van der Waals surface area contributed by atoms with E-state index < -0.39 is 17.6 Å². The van der Waals surface area contributed by atoms with Crippen LogP contribution in [0.2, 0.25) is 0 Å². The Balaban J connectivity index is 2.62. The molecule has 0 N–H and O–H groups in total. The zero-order valence-electron chi connectivity index (χ0n) is 7.80. The summed E-state index contributed by atoms with van der Waals surface area (Å²) in [5.74, 6) is -2.67. The highest BCUT2D eigenvalue weighted by Crippen LogP contribution is 2.09. The molecule has 0 fully saturated rings. The fraction of sp³-hybridized carbons (Fsp3) is 0.300. The first-order chi connectivity index (χ1) is 7.15. The van der Waals surface area contributed by atoms with Crippen molar-refractivity contribution < 1.29 is 18.3 Å². The summed E-state index contributed by atoms with van der Waals surface area (Å²) in [4.78, 5) is 11.3. The van der Waals surface area contributed by atoms with Gasteiger partial charge in [0.05, 0.1) is 12.2 Å². The zero-order chi connectivity index (χ0) is 11.3. The number of esters is 1. The van der Waals surface area contributed by atoms with Crippen molar-refractivity contribution in [1.82, 2.24) is 0 Å². The molecule has 0 radical (unpaired) electrons. The smallest absolute Gasteiger partial charge is 0.338 e. The molecule has 2 nitrogen and oxygen atoms in total. The molecule has 0 spiro atoms. The van der Waals surface area contributed by atoms with Crippen molar-refractivity contribution in [2.75, 3.05) is 11.9 Å². The quantitative estimate of drug-likeness (QED) is 0.481. The van der Waals surface area contributed by atoms with Crippen LogP contribution in [-0.2, 0) is 4.74 Å². The summed E-state index contributed by atoms with van der Waals surface area (Å²) in [5.41, 5.74) is 0.0171. The summed E-state index contributed by atoms with van der Waals surface area (Å²) < 4.78 is 30.1. The first-order valence-corrected chi connectivity index (χ1v) is 5.45. The lowest BCUT2D eigenvalue weighted by molar-refractivity contribution is 0.0506. The van der Waals surface area contributed by atoms with Gasteiger partial charge >= 0.3 is 5.97 Å². The third-order valence-corrected chi connectivity index (χ3v) is 2.23. The first-order valence-electron chi connectivity index (χ1n) is 4.33. The predicted molar refractivity (Wildman–Crippen MR) is 55.1 cm³/mol. The van der Waals surface area contributed by atoms with Crippen LogP contribution < -0.4 is 0 Å². The van der Waals surface area contributed by atoms with E-state index in [2.05, 4.69) is 15.9 Å². The largest absolute Gasteiger partial charge is 0.462 e. The molecule has 0 aliphatic heterocycles. The molecular weight excluding hydrogens is 270 g/mol. The Hall–Kier alpha value is -0.970. The van der Waals surface area contributed by atoms with Crippen LogP contribution >= 0.6 is 15.9 Å². The van der Waals surface area contributed by atoms with E-state index in [-0.39, 0.29) is 12.2 Å². The highest BCUT2D eigenvalue weighted by molar-refractivity contribution is 9.09. The lowest BCUT2D eigenvalue weighted by Crippen LogP contribution is -2.07. The van der Waals surface area contributed by atoms with E-state index in [9.17, 15) is 13.6 Å². The number of rotatable bonds is 4. The SMILES string of the molecule is O=C(OCCCBr)c1ccc(F)c(F)c1. The summed E-state index contributed by atoms with van der Waals surface area (Å²) in [6.45, 7) is 0.253. The molecule has 0 saturated heterocycles. The minimum absolute atomic E-state index is 0.0171. The second-order valence-corrected chi connectivity index (χ2v) is 3.60. The molecule has 0 heterocycles. The van der Waals surface area contributed by atoms with Gasteiger partial charge in [-0.15, -0.1) is 0 Å². The van der Waals surface area contributed by atoms with Crippen LogP contribution in [0.15, 0.2) is 18.2 Å². The average Bonchev–Trinajstić information content (AvgIpc) is 2.22. The third kappa shape index (κ3) is 3.58. The van der Waals surface area contributed by atoms with Crippen LogP contribution in [-0.4, -0.2) is 17.9 Å². The van der Waals surface area contributed by atoms with Gasteiger partial charge in [0.15, 0.2) is 11.6 Å². The maximum Gasteiger partial charge on any atom is 0.338 e. The Morgan fingerprint density at radius 1 is 1.33 bits per heavy atom. The van der Waals surface area contributed by atoms with Gasteiger partial charge in [0.1, 0.15) is 0 Å². The van der Waals surface area contributed by atoms with Gasteiger partial charge < -0.3 is 4.74 Å². The normalized spacial score (nSPS) is 10.1. The van der Waals surface area contributed by atoms with Gasteiger partial charge in [0.25, 0.3) is 0 Å². The molecule has 0 amide bonds. The van der Waals surface area contributed by atoms with Crippen molar-refractivity contribution in [2.45, 2.75) is 6.42 Å². The van der Waals surface area contributed by atoms with Crippen molar-refractivity contribution in [1.29, 1.82) is 0 Å². The Morgan fingerprint density at radius 3 is 2.67 bits per heavy atom. The fourth-order valence-corrected chi connectivity index (χ4v) is 1.15. The van der Waals surface area contributed by atoms with Gasteiger partial charge in [-0.05, 0) is 24.6 Å². The number of ether oxygens (including phenoxy) is 1. The minimum Gasteiger partial charge on any atom is -0.462 e. The van der Waals surface area contributed by atoms with Crippen molar-refractivity contribution >= 4 is 21.9 Å². The monoisotopic (exact) mass is 278 g/mol. The van der Waals surface area contributed by atoms with Gasteiger partial charge in [-0.1, -0.05) is 15.9 Å². The van der Waals surface area contributed by atoms with Gasteiger partial charge in [-0.25, -0.2) is 13.6 Å². The lowest BCUT2D eigenvalue weighted by atomic mass is 10.2. The molecule has 0 unspecified atom stereocenters. The molecule has 82 valence electrons. The number of carbonyl (C=O) groups excluding carboxylic acids is 1. The van der Waals surface area contributed by atoms with E-state index in [4.69, 9.17) is 4.74 Å². The number of hydrogen-bond acceptors (Lipinski definition) is 2. The molecule has 0 aliphatic rings. The van der Waals surface area contributed by atoms with Crippen LogP contribution in [0.4, 0.5) is 8.78 Å². The van der Waals surface area contributed by atoms with E-state index in [0.717, 1.165) is 17.5 Å². The summed E-state index contributed by atoms with van der Waals surface area (Å²) in [5, 5.41) is 0.720. The summed E-state index contributed by atoms with van der Waals surface area (Å²) in [6, 6.07) is 2.91. The molecule has 5 heteroatoms. The van der Waals surface area contributed by atoms with E-state index in [1.54, 1.807) is 0 Å². The minimum atomic E-state index is -1.05. The van der Waals surface area contributed by atoms with Crippen molar-refractivity contribution in [3.63, 3.8) is 0 Å². The van der Waals surface area contributed by atoms with E-state index in [1.165, 1.54) is 6.07 Å². The number of hydrogen-bond donors (Lipinski definition) is 0. The Morgan fingerprint density at radius 2 is 2.07 bits per heavy atom. The number of halogens is 3. The molecule has 0 atom stereocenters. The predicted octanol–water partition coefficient (Wildman–Crippen LogP) is 2.91. The molecule has 0 saturated carbocycles. The number of carbonyl (C=O) groups is 1. The molecule has 0 bridgehead atoms. The van der Waals surface area contributed by atoms with Gasteiger partial charge in [0, 0.05) is 5.33 Å². The van der Waals surface area contributed by atoms with Gasteiger partial charge in [0.2, 0.25) is 0 Å². The Bertz CT molecular complexity index is 355. The van der Waals surface area contributed by atoms with Crippen LogP contribution in [0.3, 0.4) is 0 Å². The second-order valence-electron chi connectivity index (χ2n) is 2.81. The number of benzene rings is 1. The average molecular weight is 279 g/mol. The summed E-state index contributed by atoms with van der Waals surface area (Å²) in [7, 11) is 0. The van der Waals surface area contributed by atoms with Crippen molar-refractivity contribution in [3.8, 4) is 0 Å². The maximum atomic E-state index is 12.7. The van der Waals surface area contributed by atoms with Crippen LogP contribution in [0, 0.1) is 11.6 Å². The van der Waals surface area contributed by atoms with E-state index >= 15 is 0 Å². The van der Waals surface area contributed by atoms with E-state index in [1.807, 2.05) is 0 Å². The molecule has 0 aromatic heterocycles. The Labute approximate surface area is 94.4 Å². The molecular formula is C10H9BrF2O2. The third-order valence-electron chi connectivity index (χ3n) is 1.67. The standard InChI is InChI=1S/C10H9BrF2O2/c11-4-1-5-15-10(14)7-2-3-8(12)9(13)6-7/h2-3,6H,1,4-5H2. The Kier molecular flexibility index (Phi) is 4.68. The lowest BCUT2D eigenvalue weighted by Gasteiger charge is -2.03. The second kappa shape index (κ2) is 5.80. The van der Waals surface area contributed by atoms with Gasteiger partial charge in [-0.2, -0.15) is 0 Å². The highest BCUT2D eigenvalue weighted by atomic mass is 79.9. The first kappa shape index (κ1) is 12.1. The molecule has 15 heavy (non-hydrogen) atoms. The van der Waals surface area contributed by atoms with Crippen LogP contribution in [0.25, 0.3) is 0 Å². The molecule has 1 aromatic carbocycles. The van der Waals surface area contributed by atoms with Gasteiger partial charge in [-0.3, -0.25) is 0 Å². The summed E-state index contributed by atoms with van der Waals surface area (Å²) in [6.07, 6.45) is 0.676. The van der Waals surface area contributed by atoms with E-state index in [0.29, 0.717) is 6.42 Å². The van der Waals surface area contributed by atoms with Crippen LogP contribution in [0.5, 0.6) is 0 Å². The number of alkyl halides is 1. The zero-order valence-corrected chi connectivity index (χ0v) is 9.39. The maximum absolute atomic E-state index is 12.7. The summed E-state index contributed by atoms with van der Waals surface area (Å²) >= 11 is 3.18. The molecule has 1 aromatic rings. The van der Waals surface area contributed by atoms with Crippen molar-refractivity contribution in [2.24, 2.45) is 0 Å².